The highest BCUT2D eigenvalue weighted by molar-refractivity contribution is 6.30. The second-order valence-electron chi connectivity index (χ2n) is 3.72. The molecule has 0 atom stereocenters. The number of rotatable bonds is 4. The SMILES string of the molecule is CN(CCC(F)(F)F)c1ccc(Cl)cc1CO. The molecule has 0 fully saturated rings. The van der Waals surface area contributed by atoms with Gasteiger partial charge in [-0.2, -0.15) is 13.2 Å². The Morgan fingerprint density at radius 1 is 1.35 bits per heavy atom. The largest absolute Gasteiger partial charge is 0.392 e. The van der Waals surface area contributed by atoms with Crippen LogP contribution in [-0.2, 0) is 6.61 Å². The maximum atomic E-state index is 12.1. The van der Waals surface area contributed by atoms with Crippen molar-refractivity contribution in [2.45, 2.75) is 19.2 Å². The van der Waals surface area contributed by atoms with E-state index in [1.54, 1.807) is 25.2 Å². The summed E-state index contributed by atoms with van der Waals surface area (Å²) in [5.41, 5.74) is 1.07. The Morgan fingerprint density at radius 2 is 2.00 bits per heavy atom. The second-order valence-corrected chi connectivity index (χ2v) is 4.15. The number of halogens is 4. The minimum absolute atomic E-state index is 0.155. The smallest absolute Gasteiger partial charge is 0.390 e. The maximum absolute atomic E-state index is 12.1. The van der Waals surface area contributed by atoms with Crippen LogP contribution in [0.3, 0.4) is 0 Å². The molecular weight excluding hydrogens is 255 g/mol. The molecule has 2 nitrogen and oxygen atoms in total. The fraction of sp³-hybridized carbons (Fsp3) is 0.455. The Balaban J connectivity index is 2.78. The zero-order chi connectivity index (χ0) is 13.1. The number of hydrogen-bond donors (Lipinski definition) is 1. The Bertz CT molecular complexity index is 381. The third-order valence-corrected chi connectivity index (χ3v) is 2.59. The highest BCUT2D eigenvalue weighted by atomic mass is 35.5. The van der Waals surface area contributed by atoms with Crippen LogP contribution in [-0.4, -0.2) is 24.9 Å². The molecule has 0 radical (unpaired) electrons. The van der Waals surface area contributed by atoms with Crippen LogP contribution in [0.5, 0.6) is 0 Å². The third-order valence-electron chi connectivity index (χ3n) is 2.35. The Kier molecular flexibility index (Phi) is 4.65. The molecule has 1 N–H and O–H groups in total. The zero-order valence-corrected chi connectivity index (χ0v) is 10.0. The fourth-order valence-corrected chi connectivity index (χ4v) is 1.66. The number of anilines is 1. The van der Waals surface area contributed by atoms with Crippen LogP contribution < -0.4 is 4.90 Å². The predicted octanol–water partition coefficient (Wildman–Crippen LogP) is 3.22. The summed E-state index contributed by atoms with van der Waals surface area (Å²) in [7, 11) is 1.55. The van der Waals surface area contributed by atoms with Gasteiger partial charge in [0.15, 0.2) is 0 Å². The lowest BCUT2D eigenvalue weighted by molar-refractivity contribution is -0.132. The molecule has 0 saturated heterocycles. The van der Waals surface area contributed by atoms with Crippen LogP contribution >= 0.6 is 11.6 Å². The summed E-state index contributed by atoms with van der Waals surface area (Å²) in [5.74, 6) is 0. The van der Waals surface area contributed by atoms with Crippen molar-refractivity contribution in [2.75, 3.05) is 18.5 Å². The van der Waals surface area contributed by atoms with Gasteiger partial charge in [-0.1, -0.05) is 11.6 Å². The van der Waals surface area contributed by atoms with Gasteiger partial charge in [-0.25, -0.2) is 0 Å². The molecule has 1 rings (SSSR count). The van der Waals surface area contributed by atoms with Crippen LogP contribution in [0.1, 0.15) is 12.0 Å². The molecule has 0 spiro atoms. The van der Waals surface area contributed by atoms with Gasteiger partial charge in [-0.3, -0.25) is 0 Å². The molecule has 0 saturated carbocycles. The van der Waals surface area contributed by atoms with Gasteiger partial charge in [-0.05, 0) is 18.2 Å². The minimum atomic E-state index is -4.18. The van der Waals surface area contributed by atoms with E-state index in [9.17, 15) is 13.2 Å². The van der Waals surface area contributed by atoms with Gasteiger partial charge in [0.1, 0.15) is 0 Å². The molecule has 0 heterocycles. The molecule has 0 bridgehead atoms. The molecule has 1 aromatic carbocycles. The molecule has 0 unspecified atom stereocenters. The summed E-state index contributed by atoms with van der Waals surface area (Å²) >= 11 is 5.74. The van der Waals surface area contributed by atoms with Crippen molar-refractivity contribution in [1.82, 2.24) is 0 Å². The molecule has 0 aliphatic carbocycles. The third kappa shape index (κ3) is 4.44. The van der Waals surface area contributed by atoms with E-state index in [4.69, 9.17) is 16.7 Å². The van der Waals surface area contributed by atoms with Gasteiger partial charge in [0, 0.05) is 29.9 Å². The number of alkyl halides is 3. The summed E-state index contributed by atoms with van der Waals surface area (Å²) in [4.78, 5) is 1.45. The minimum Gasteiger partial charge on any atom is -0.392 e. The van der Waals surface area contributed by atoms with Gasteiger partial charge < -0.3 is 10.0 Å². The Morgan fingerprint density at radius 3 is 2.53 bits per heavy atom. The fourth-order valence-electron chi connectivity index (χ4n) is 1.47. The lowest BCUT2D eigenvalue weighted by Gasteiger charge is -2.22. The lowest BCUT2D eigenvalue weighted by atomic mass is 10.1. The Labute approximate surface area is 103 Å². The van der Waals surface area contributed by atoms with Gasteiger partial charge in [0.05, 0.1) is 13.0 Å². The first-order valence-corrected chi connectivity index (χ1v) is 5.38. The maximum Gasteiger partial charge on any atom is 0.390 e. The van der Waals surface area contributed by atoms with E-state index >= 15 is 0 Å². The average Bonchev–Trinajstić information content (AvgIpc) is 2.24. The van der Waals surface area contributed by atoms with Crippen LogP contribution in [0.25, 0.3) is 0 Å². The molecule has 1 aromatic rings. The number of aliphatic hydroxyl groups excluding tert-OH is 1. The number of benzene rings is 1. The monoisotopic (exact) mass is 267 g/mol. The lowest BCUT2D eigenvalue weighted by Crippen LogP contribution is -2.24. The van der Waals surface area contributed by atoms with E-state index in [1.807, 2.05) is 0 Å². The highest BCUT2D eigenvalue weighted by Crippen LogP contribution is 2.26. The van der Waals surface area contributed by atoms with Crippen LogP contribution in [0.15, 0.2) is 18.2 Å². The molecule has 96 valence electrons. The number of hydrogen-bond acceptors (Lipinski definition) is 2. The standard InChI is InChI=1S/C11H13ClF3NO/c1-16(5-4-11(13,14)15)10-3-2-9(12)6-8(10)7-17/h2-3,6,17H,4-5,7H2,1H3. The van der Waals surface area contributed by atoms with E-state index in [0.29, 0.717) is 16.3 Å². The number of aliphatic hydroxyl groups is 1. The zero-order valence-electron chi connectivity index (χ0n) is 9.26. The molecule has 0 aromatic heterocycles. The average molecular weight is 268 g/mol. The van der Waals surface area contributed by atoms with E-state index in [1.165, 1.54) is 4.90 Å². The van der Waals surface area contributed by atoms with Crippen molar-refractivity contribution < 1.29 is 18.3 Å². The molecule has 17 heavy (non-hydrogen) atoms. The normalized spacial score (nSPS) is 11.6. The topological polar surface area (TPSA) is 23.5 Å². The number of nitrogens with zero attached hydrogens (tertiary/aromatic N) is 1. The first kappa shape index (κ1) is 14.1. The molecular formula is C11H13ClF3NO. The van der Waals surface area contributed by atoms with Crippen LogP contribution in [0.4, 0.5) is 18.9 Å². The predicted molar refractivity (Wildman–Crippen MR) is 61.3 cm³/mol. The summed E-state index contributed by atoms with van der Waals surface area (Å²) in [5, 5.41) is 9.56. The molecule has 6 heteroatoms. The highest BCUT2D eigenvalue weighted by Gasteiger charge is 2.27. The quantitative estimate of drug-likeness (QED) is 0.905. The van der Waals surface area contributed by atoms with Gasteiger partial charge >= 0.3 is 6.18 Å². The Hall–Kier alpha value is -0.940. The van der Waals surface area contributed by atoms with Crippen molar-refractivity contribution in [3.05, 3.63) is 28.8 Å². The van der Waals surface area contributed by atoms with Gasteiger partial charge in [0.2, 0.25) is 0 Å². The molecule has 0 aliphatic heterocycles. The summed E-state index contributed by atoms with van der Waals surface area (Å²) in [6, 6.07) is 4.73. The summed E-state index contributed by atoms with van der Waals surface area (Å²) in [6.07, 6.45) is -5.07. The van der Waals surface area contributed by atoms with Gasteiger partial charge in [0.25, 0.3) is 0 Å². The van der Waals surface area contributed by atoms with Crippen molar-refractivity contribution in [3.63, 3.8) is 0 Å². The van der Waals surface area contributed by atoms with Crippen LogP contribution in [0.2, 0.25) is 5.02 Å². The summed E-state index contributed by atoms with van der Waals surface area (Å²) < 4.78 is 36.2. The summed E-state index contributed by atoms with van der Waals surface area (Å²) in [6.45, 7) is -0.412. The van der Waals surface area contributed by atoms with Crippen molar-refractivity contribution >= 4 is 17.3 Å². The van der Waals surface area contributed by atoms with Gasteiger partial charge in [-0.15, -0.1) is 0 Å². The van der Waals surface area contributed by atoms with Crippen molar-refractivity contribution in [2.24, 2.45) is 0 Å². The first-order valence-electron chi connectivity index (χ1n) is 5.00. The van der Waals surface area contributed by atoms with E-state index in [0.717, 1.165) is 0 Å². The van der Waals surface area contributed by atoms with Crippen molar-refractivity contribution in [1.29, 1.82) is 0 Å². The van der Waals surface area contributed by atoms with E-state index in [-0.39, 0.29) is 13.2 Å². The van der Waals surface area contributed by atoms with Crippen molar-refractivity contribution in [3.8, 4) is 0 Å². The molecule has 0 aliphatic rings. The first-order chi connectivity index (χ1) is 7.83. The van der Waals surface area contributed by atoms with E-state index < -0.39 is 12.6 Å². The van der Waals surface area contributed by atoms with E-state index in [2.05, 4.69) is 0 Å². The molecule has 0 amide bonds. The van der Waals surface area contributed by atoms with Crippen LogP contribution in [0, 0.1) is 0 Å². The second kappa shape index (κ2) is 5.60.